The standard InChI is InChI=1S/C7H12N2S/c1-6(2)8-7-4-3-5-9(7)10/h3,5-6,10H,4H2,1-2H3. The minimum Gasteiger partial charge on any atom is -0.282 e. The summed E-state index contributed by atoms with van der Waals surface area (Å²) in [7, 11) is 0. The summed E-state index contributed by atoms with van der Waals surface area (Å²) in [6, 6.07) is 0.365. The van der Waals surface area contributed by atoms with Gasteiger partial charge in [-0.2, -0.15) is 0 Å². The summed E-state index contributed by atoms with van der Waals surface area (Å²) in [5, 5.41) is 0. The van der Waals surface area contributed by atoms with Crippen LogP contribution in [0.4, 0.5) is 0 Å². The van der Waals surface area contributed by atoms with Crippen molar-refractivity contribution >= 4 is 18.7 Å². The fourth-order valence-electron chi connectivity index (χ4n) is 0.847. The quantitative estimate of drug-likeness (QED) is 0.573. The molecule has 0 spiro atoms. The molecule has 0 unspecified atom stereocenters. The molecular weight excluding hydrogens is 144 g/mol. The van der Waals surface area contributed by atoms with Gasteiger partial charge in [0.1, 0.15) is 5.84 Å². The van der Waals surface area contributed by atoms with Crippen LogP contribution in [0.2, 0.25) is 0 Å². The maximum atomic E-state index is 4.36. The van der Waals surface area contributed by atoms with E-state index in [0.717, 1.165) is 12.3 Å². The van der Waals surface area contributed by atoms with E-state index in [1.165, 1.54) is 0 Å². The Hall–Kier alpha value is -0.440. The highest BCUT2D eigenvalue weighted by molar-refractivity contribution is 7.78. The van der Waals surface area contributed by atoms with Crippen molar-refractivity contribution in [2.75, 3.05) is 0 Å². The second-order valence-corrected chi connectivity index (χ2v) is 3.00. The molecule has 0 bridgehead atoms. The number of amidine groups is 1. The zero-order valence-electron chi connectivity index (χ0n) is 6.28. The van der Waals surface area contributed by atoms with E-state index in [1.54, 1.807) is 4.31 Å². The van der Waals surface area contributed by atoms with Crippen LogP contribution in [-0.2, 0) is 0 Å². The van der Waals surface area contributed by atoms with Crippen LogP contribution in [0.25, 0.3) is 0 Å². The van der Waals surface area contributed by atoms with Crippen LogP contribution in [0, 0.1) is 0 Å². The largest absolute Gasteiger partial charge is 0.282 e. The third-order valence-electron chi connectivity index (χ3n) is 1.22. The van der Waals surface area contributed by atoms with E-state index in [-0.39, 0.29) is 0 Å². The van der Waals surface area contributed by atoms with Gasteiger partial charge in [-0.15, -0.1) is 0 Å². The second-order valence-electron chi connectivity index (χ2n) is 2.57. The summed E-state index contributed by atoms with van der Waals surface area (Å²) >= 11 is 4.18. The Bertz CT molecular complexity index is 172. The lowest BCUT2D eigenvalue weighted by Crippen LogP contribution is -2.11. The molecule has 0 saturated heterocycles. The fourth-order valence-corrected chi connectivity index (χ4v) is 1.07. The molecule has 0 aromatic carbocycles. The van der Waals surface area contributed by atoms with Crippen molar-refractivity contribution in [1.29, 1.82) is 0 Å². The number of hydrogen-bond acceptors (Lipinski definition) is 2. The van der Waals surface area contributed by atoms with Gasteiger partial charge in [-0.1, -0.05) is 18.9 Å². The van der Waals surface area contributed by atoms with Crippen molar-refractivity contribution in [2.45, 2.75) is 26.3 Å². The first-order valence-corrected chi connectivity index (χ1v) is 3.81. The van der Waals surface area contributed by atoms with Gasteiger partial charge in [0.15, 0.2) is 0 Å². The molecule has 0 N–H and O–H groups in total. The summed E-state index contributed by atoms with van der Waals surface area (Å²) in [6.45, 7) is 4.12. The molecule has 1 rings (SSSR count). The molecular formula is C7H12N2S. The van der Waals surface area contributed by atoms with Gasteiger partial charge in [0.2, 0.25) is 0 Å². The first kappa shape index (κ1) is 7.66. The lowest BCUT2D eigenvalue weighted by atomic mass is 10.4. The molecule has 0 saturated carbocycles. The first-order chi connectivity index (χ1) is 4.70. The van der Waals surface area contributed by atoms with Crippen molar-refractivity contribution < 1.29 is 0 Å². The van der Waals surface area contributed by atoms with Gasteiger partial charge in [-0.05, 0) is 13.8 Å². The monoisotopic (exact) mass is 156 g/mol. The van der Waals surface area contributed by atoms with Gasteiger partial charge in [-0.3, -0.25) is 9.30 Å². The highest BCUT2D eigenvalue weighted by atomic mass is 32.1. The molecule has 2 nitrogen and oxygen atoms in total. The molecule has 0 aliphatic carbocycles. The number of hydrogen-bond donors (Lipinski definition) is 1. The van der Waals surface area contributed by atoms with Crippen LogP contribution in [0.3, 0.4) is 0 Å². The van der Waals surface area contributed by atoms with Gasteiger partial charge in [0.25, 0.3) is 0 Å². The van der Waals surface area contributed by atoms with Gasteiger partial charge in [-0.25, -0.2) is 0 Å². The maximum absolute atomic E-state index is 4.36. The lowest BCUT2D eigenvalue weighted by molar-refractivity contribution is 0.804. The van der Waals surface area contributed by atoms with E-state index in [2.05, 4.69) is 31.7 Å². The summed E-state index contributed by atoms with van der Waals surface area (Å²) in [5.41, 5.74) is 0. The van der Waals surface area contributed by atoms with Crippen LogP contribution < -0.4 is 0 Å². The fraction of sp³-hybridized carbons (Fsp3) is 0.571. The van der Waals surface area contributed by atoms with Crippen molar-refractivity contribution in [2.24, 2.45) is 4.99 Å². The van der Waals surface area contributed by atoms with E-state index >= 15 is 0 Å². The third kappa shape index (κ3) is 1.77. The molecule has 1 heterocycles. The summed E-state index contributed by atoms with van der Waals surface area (Å²) in [5.74, 6) is 1.04. The minimum absolute atomic E-state index is 0.365. The molecule has 3 heteroatoms. The zero-order valence-corrected chi connectivity index (χ0v) is 7.18. The third-order valence-corrected chi connectivity index (χ3v) is 1.58. The molecule has 0 fully saturated rings. The second kappa shape index (κ2) is 3.10. The van der Waals surface area contributed by atoms with Crippen molar-refractivity contribution in [1.82, 2.24) is 4.31 Å². The Kier molecular flexibility index (Phi) is 2.38. The average Bonchev–Trinajstić information content (AvgIpc) is 2.15. The maximum Gasteiger partial charge on any atom is 0.117 e. The topological polar surface area (TPSA) is 15.6 Å². The molecule has 0 amide bonds. The minimum atomic E-state index is 0.365. The molecule has 0 aromatic heterocycles. The van der Waals surface area contributed by atoms with Gasteiger partial charge < -0.3 is 0 Å². The van der Waals surface area contributed by atoms with Crippen LogP contribution >= 0.6 is 12.8 Å². The first-order valence-electron chi connectivity index (χ1n) is 3.41. The van der Waals surface area contributed by atoms with E-state index in [9.17, 15) is 0 Å². The summed E-state index contributed by atoms with van der Waals surface area (Å²) < 4.78 is 1.76. The highest BCUT2D eigenvalue weighted by Gasteiger charge is 2.08. The van der Waals surface area contributed by atoms with Crippen LogP contribution in [0.5, 0.6) is 0 Å². The Morgan fingerprint density at radius 3 is 2.80 bits per heavy atom. The number of thiol groups is 1. The Morgan fingerprint density at radius 2 is 2.40 bits per heavy atom. The highest BCUT2D eigenvalue weighted by Crippen LogP contribution is 2.11. The number of nitrogens with zero attached hydrogens (tertiary/aromatic N) is 2. The van der Waals surface area contributed by atoms with E-state index in [1.807, 2.05) is 12.3 Å². The average molecular weight is 156 g/mol. The van der Waals surface area contributed by atoms with Crippen molar-refractivity contribution in [3.05, 3.63) is 12.3 Å². The Balaban J connectivity index is 2.58. The smallest absolute Gasteiger partial charge is 0.117 e. The zero-order chi connectivity index (χ0) is 7.56. The molecule has 56 valence electrons. The molecule has 1 aliphatic heterocycles. The molecule has 10 heavy (non-hydrogen) atoms. The van der Waals surface area contributed by atoms with Gasteiger partial charge in [0, 0.05) is 18.7 Å². The van der Waals surface area contributed by atoms with Crippen molar-refractivity contribution in [3.63, 3.8) is 0 Å². The van der Waals surface area contributed by atoms with E-state index < -0.39 is 0 Å². The summed E-state index contributed by atoms with van der Waals surface area (Å²) in [6.07, 6.45) is 4.89. The van der Waals surface area contributed by atoms with Crippen LogP contribution in [0.1, 0.15) is 20.3 Å². The van der Waals surface area contributed by atoms with E-state index in [0.29, 0.717) is 6.04 Å². The predicted octanol–water partition coefficient (Wildman–Crippen LogP) is 1.86. The predicted molar refractivity (Wildman–Crippen MR) is 47.2 cm³/mol. The SMILES string of the molecule is CC(C)N=C1CC=CN1S. The van der Waals surface area contributed by atoms with Crippen molar-refractivity contribution in [3.8, 4) is 0 Å². The molecule has 1 aliphatic rings. The van der Waals surface area contributed by atoms with Gasteiger partial charge in [0.05, 0.1) is 0 Å². The van der Waals surface area contributed by atoms with Crippen LogP contribution in [0.15, 0.2) is 17.3 Å². The summed E-state index contributed by atoms with van der Waals surface area (Å²) in [4.78, 5) is 4.36. The molecule has 0 radical (unpaired) electrons. The molecule has 0 aromatic rings. The lowest BCUT2D eigenvalue weighted by Gasteiger charge is -2.08. The van der Waals surface area contributed by atoms with Gasteiger partial charge >= 0.3 is 0 Å². The van der Waals surface area contributed by atoms with Crippen LogP contribution in [-0.4, -0.2) is 16.2 Å². The molecule has 0 atom stereocenters. The Labute approximate surface area is 67.2 Å². The Morgan fingerprint density at radius 1 is 1.70 bits per heavy atom. The normalized spacial score (nSPS) is 21.6. The van der Waals surface area contributed by atoms with E-state index in [4.69, 9.17) is 0 Å². The number of aliphatic imine (C=N–C) groups is 1. The number of rotatable bonds is 1.